The molecule has 6 nitrogen and oxygen atoms in total. The number of rotatable bonds is 4. The SMILES string of the molecule is CC1=C(C(=O)OCc2ccccc2)C(c2cc3c(cc2Br)OCO3)C2=C(CCCC2=O)N1. The van der Waals surface area contributed by atoms with Crippen molar-refractivity contribution in [3.63, 3.8) is 0 Å². The Morgan fingerprint density at radius 3 is 2.69 bits per heavy atom. The van der Waals surface area contributed by atoms with Gasteiger partial charge in [0, 0.05) is 33.8 Å². The smallest absolute Gasteiger partial charge is 0.337 e. The van der Waals surface area contributed by atoms with E-state index in [4.69, 9.17) is 14.2 Å². The van der Waals surface area contributed by atoms with Gasteiger partial charge in [0.05, 0.1) is 5.57 Å². The monoisotopic (exact) mass is 495 g/mol. The number of nitrogens with one attached hydrogen (secondary N) is 1. The zero-order valence-corrected chi connectivity index (χ0v) is 19.2. The van der Waals surface area contributed by atoms with Gasteiger partial charge in [-0.2, -0.15) is 0 Å². The lowest BCUT2D eigenvalue weighted by Crippen LogP contribution is -2.34. The molecule has 164 valence electrons. The molecule has 3 aliphatic rings. The molecule has 32 heavy (non-hydrogen) atoms. The number of Topliss-reactive ketones (excluding diaryl/α,β-unsaturated/α-hetero) is 1. The van der Waals surface area contributed by atoms with E-state index in [1.165, 1.54) is 0 Å². The summed E-state index contributed by atoms with van der Waals surface area (Å²) in [5.41, 5.74) is 4.34. The first-order chi connectivity index (χ1) is 15.5. The Bertz CT molecular complexity index is 1170. The van der Waals surface area contributed by atoms with Crippen molar-refractivity contribution in [2.24, 2.45) is 0 Å². The molecule has 1 aliphatic carbocycles. The van der Waals surface area contributed by atoms with Gasteiger partial charge in [0.2, 0.25) is 6.79 Å². The second-order valence-electron chi connectivity index (χ2n) is 8.05. The van der Waals surface area contributed by atoms with Gasteiger partial charge in [-0.15, -0.1) is 0 Å². The van der Waals surface area contributed by atoms with Crippen molar-refractivity contribution in [1.82, 2.24) is 5.32 Å². The van der Waals surface area contributed by atoms with Gasteiger partial charge < -0.3 is 19.5 Å². The van der Waals surface area contributed by atoms with Crippen LogP contribution in [0.25, 0.3) is 0 Å². The van der Waals surface area contributed by atoms with Crippen molar-refractivity contribution in [1.29, 1.82) is 0 Å². The summed E-state index contributed by atoms with van der Waals surface area (Å²) in [7, 11) is 0. The number of ketones is 1. The van der Waals surface area contributed by atoms with Crippen molar-refractivity contribution >= 4 is 27.7 Å². The first kappa shape index (κ1) is 20.8. The van der Waals surface area contributed by atoms with Crippen LogP contribution in [0.5, 0.6) is 11.5 Å². The zero-order chi connectivity index (χ0) is 22.2. The van der Waals surface area contributed by atoms with Crippen molar-refractivity contribution in [2.75, 3.05) is 6.79 Å². The molecule has 2 aliphatic heterocycles. The standard InChI is InChI=1S/C25H22BrNO5/c1-14-22(25(29)30-12-15-6-3-2-4-7-15)23(24-18(27-14)8-5-9-19(24)28)16-10-20-21(11-17(16)26)32-13-31-20/h2-4,6-7,10-11,23,27H,5,8-9,12-13H2,1H3. The number of fused-ring (bicyclic) bond motifs is 1. The minimum atomic E-state index is -0.550. The number of benzene rings is 2. The van der Waals surface area contributed by atoms with Crippen molar-refractivity contribution in [3.05, 3.63) is 80.6 Å². The fraction of sp³-hybridized carbons (Fsp3) is 0.280. The number of allylic oxidation sites excluding steroid dienone is 3. The highest BCUT2D eigenvalue weighted by molar-refractivity contribution is 9.10. The third kappa shape index (κ3) is 3.71. The largest absolute Gasteiger partial charge is 0.457 e. The van der Waals surface area contributed by atoms with Crippen LogP contribution < -0.4 is 14.8 Å². The maximum atomic E-state index is 13.4. The molecule has 0 bridgehead atoms. The molecular weight excluding hydrogens is 474 g/mol. The quantitative estimate of drug-likeness (QED) is 0.608. The Balaban J connectivity index is 1.57. The predicted octanol–water partition coefficient (Wildman–Crippen LogP) is 4.89. The van der Waals surface area contributed by atoms with E-state index in [0.717, 1.165) is 34.1 Å². The van der Waals surface area contributed by atoms with Gasteiger partial charge in [-0.25, -0.2) is 4.79 Å². The molecule has 0 amide bonds. The van der Waals surface area contributed by atoms with Crippen LogP contribution in [0.4, 0.5) is 0 Å². The van der Waals surface area contributed by atoms with Crippen molar-refractivity contribution in [2.45, 2.75) is 38.7 Å². The summed E-state index contributed by atoms with van der Waals surface area (Å²) in [4.78, 5) is 26.4. The van der Waals surface area contributed by atoms with Crippen LogP contribution in [0, 0.1) is 0 Å². The van der Waals surface area contributed by atoms with Gasteiger partial charge in [0.1, 0.15) is 6.61 Å². The lowest BCUT2D eigenvalue weighted by molar-refractivity contribution is -0.140. The Hall–Kier alpha value is -3.06. The second-order valence-corrected chi connectivity index (χ2v) is 8.91. The van der Waals surface area contributed by atoms with Gasteiger partial charge in [-0.05, 0) is 43.0 Å². The third-order valence-corrected chi connectivity index (χ3v) is 6.70. The normalized spacial score (nSPS) is 19.6. The molecule has 0 radical (unpaired) electrons. The number of carbonyl (C=O) groups excluding carboxylic acids is 2. The lowest BCUT2D eigenvalue weighted by atomic mass is 9.75. The van der Waals surface area contributed by atoms with E-state index in [1.807, 2.05) is 49.4 Å². The highest BCUT2D eigenvalue weighted by atomic mass is 79.9. The van der Waals surface area contributed by atoms with Gasteiger partial charge in [0.25, 0.3) is 0 Å². The van der Waals surface area contributed by atoms with E-state index in [2.05, 4.69) is 21.2 Å². The molecule has 2 aromatic rings. The Kier molecular flexibility index (Phi) is 5.51. The lowest BCUT2D eigenvalue weighted by Gasteiger charge is -2.34. The van der Waals surface area contributed by atoms with E-state index in [0.29, 0.717) is 34.8 Å². The molecule has 1 unspecified atom stereocenters. The molecule has 0 saturated heterocycles. The number of esters is 1. The summed E-state index contributed by atoms with van der Waals surface area (Å²) >= 11 is 3.63. The van der Waals surface area contributed by atoms with E-state index in [-0.39, 0.29) is 19.2 Å². The van der Waals surface area contributed by atoms with Crippen molar-refractivity contribution in [3.8, 4) is 11.5 Å². The van der Waals surface area contributed by atoms with Crippen LogP contribution >= 0.6 is 15.9 Å². The molecule has 0 saturated carbocycles. The first-order valence-electron chi connectivity index (χ1n) is 10.6. The topological polar surface area (TPSA) is 73.9 Å². The maximum Gasteiger partial charge on any atom is 0.337 e. The summed E-state index contributed by atoms with van der Waals surface area (Å²) < 4.78 is 17.5. The molecule has 5 rings (SSSR count). The summed E-state index contributed by atoms with van der Waals surface area (Å²) in [6, 6.07) is 13.2. The highest BCUT2D eigenvalue weighted by Crippen LogP contribution is 2.48. The van der Waals surface area contributed by atoms with Crippen LogP contribution in [-0.4, -0.2) is 18.5 Å². The van der Waals surface area contributed by atoms with Crippen LogP contribution in [0.3, 0.4) is 0 Å². The fourth-order valence-corrected chi connectivity index (χ4v) is 5.07. The average molecular weight is 496 g/mol. The summed E-state index contributed by atoms with van der Waals surface area (Å²) in [5.74, 6) is 0.285. The number of carbonyl (C=O) groups is 2. The summed E-state index contributed by atoms with van der Waals surface area (Å²) in [6.45, 7) is 2.16. The van der Waals surface area contributed by atoms with Gasteiger partial charge >= 0.3 is 5.97 Å². The Labute approximate surface area is 194 Å². The molecule has 0 fully saturated rings. The van der Waals surface area contributed by atoms with Gasteiger partial charge in [-0.1, -0.05) is 46.3 Å². The number of halogens is 1. The molecular formula is C25H22BrNO5. The Morgan fingerprint density at radius 2 is 1.91 bits per heavy atom. The number of hydrogen-bond donors (Lipinski definition) is 1. The summed E-state index contributed by atoms with van der Waals surface area (Å²) in [5, 5.41) is 3.32. The van der Waals surface area contributed by atoms with E-state index >= 15 is 0 Å². The Morgan fingerprint density at radius 1 is 1.16 bits per heavy atom. The van der Waals surface area contributed by atoms with Gasteiger partial charge in [-0.3, -0.25) is 4.79 Å². The first-order valence-corrected chi connectivity index (χ1v) is 11.4. The number of hydrogen-bond acceptors (Lipinski definition) is 6. The number of ether oxygens (including phenoxy) is 3. The molecule has 2 heterocycles. The third-order valence-electron chi connectivity index (χ3n) is 6.01. The minimum absolute atomic E-state index is 0.0502. The minimum Gasteiger partial charge on any atom is -0.457 e. The van der Waals surface area contributed by atoms with Crippen LogP contribution in [-0.2, 0) is 20.9 Å². The molecule has 1 atom stereocenters. The molecule has 0 aromatic heterocycles. The van der Waals surface area contributed by atoms with Crippen LogP contribution in [0.1, 0.15) is 43.2 Å². The molecule has 1 N–H and O–H groups in total. The molecule has 2 aromatic carbocycles. The van der Waals surface area contributed by atoms with E-state index in [1.54, 1.807) is 0 Å². The maximum absolute atomic E-state index is 13.4. The van der Waals surface area contributed by atoms with E-state index < -0.39 is 11.9 Å². The predicted molar refractivity (Wildman–Crippen MR) is 121 cm³/mol. The average Bonchev–Trinajstić information content (AvgIpc) is 3.24. The second kappa shape index (κ2) is 8.47. The highest BCUT2D eigenvalue weighted by Gasteiger charge is 2.40. The molecule has 0 spiro atoms. The van der Waals surface area contributed by atoms with E-state index in [9.17, 15) is 9.59 Å². The van der Waals surface area contributed by atoms with Crippen LogP contribution in [0.2, 0.25) is 0 Å². The fourth-order valence-electron chi connectivity index (χ4n) is 4.52. The number of dihydropyridines is 1. The zero-order valence-electron chi connectivity index (χ0n) is 17.6. The van der Waals surface area contributed by atoms with Gasteiger partial charge in [0.15, 0.2) is 17.3 Å². The summed E-state index contributed by atoms with van der Waals surface area (Å²) in [6.07, 6.45) is 2.02. The van der Waals surface area contributed by atoms with Crippen molar-refractivity contribution < 1.29 is 23.8 Å². The molecule has 7 heteroatoms. The van der Waals surface area contributed by atoms with Crippen LogP contribution in [0.15, 0.2) is 69.5 Å².